The van der Waals surface area contributed by atoms with Crippen molar-refractivity contribution in [2.75, 3.05) is 14.2 Å². The first-order valence-corrected chi connectivity index (χ1v) is 10.7. The van der Waals surface area contributed by atoms with E-state index in [1.807, 2.05) is 48.5 Å². The summed E-state index contributed by atoms with van der Waals surface area (Å²) < 4.78 is 10.8. The van der Waals surface area contributed by atoms with Crippen molar-refractivity contribution < 1.29 is 9.47 Å². The largest absolute Gasteiger partial charge is 0.493 e. The van der Waals surface area contributed by atoms with E-state index in [-0.39, 0.29) is 5.56 Å². The maximum atomic E-state index is 13.0. The molecule has 0 fully saturated rings. The van der Waals surface area contributed by atoms with E-state index in [1.165, 1.54) is 0 Å². The van der Waals surface area contributed by atoms with Crippen molar-refractivity contribution in [2.45, 2.75) is 0 Å². The molecule has 4 nitrogen and oxygen atoms in total. The van der Waals surface area contributed by atoms with E-state index in [0.29, 0.717) is 16.9 Å². The van der Waals surface area contributed by atoms with Crippen LogP contribution in [0.4, 0.5) is 0 Å². The summed E-state index contributed by atoms with van der Waals surface area (Å²) >= 11 is 0. The summed E-state index contributed by atoms with van der Waals surface area (Å²) in [6, 6.07) is 32.4. The highest BCUT2D eigenvalue weighted by molar-refractivity contribution is 5.89. The van der Waals surface area contributed by atoms with Gasteiger partial charge in [-0.2, -0.15) is 0 Å². The fourth-order valence-corrected chi connectivity index (χ4v) is 4.13. The van der Waals surface area contributed by atoms with Crippen LogP contribution in [-0.4, -0.2) is 19.2 Å². The Labute approximate surface area is 192 Å². The van der Waals surface area contributed by atoms with Gasteiger partial charge in [0.15, 0.2) is 11.5 Å². The van der Waals surface area contributed by atoms with Gasteiger partial charge in [-0.25, -0.2) is 0 Å². The van der Waals surface area contributed by atoms with Gasteiger partial charge < -0.3 is 14.5 Å². The normalized spacial score (nSPS) is 10.8. The van der Waals surface area contributed by atoms with Crippen LogP contribution in [0.1, 0.15) is 0 Å². The third-order valence-corrected chi connectivity index (χ3v) is 5.81. The smallest absolute Gasteiger partial charge is 0.256 e. The highest BCUT2D eigenvalue weighted by atomic mass is 16.5. The summed E-state index contributed by atoms with van der Waals surface area (Å²) in [5.74, 6) is 1.12. The fourth-order valence-electron chi connectivity index (χ4n) is 4.13. The van der Waals surface area contributed by atoms with Gasteiger partial charge in [-0.05, 0) is 69.6 Å². The number of methoxy groups -OCH3 is 2. The van der Waals surface area contributed by atoms with E-state index in [2.05, 4.69) is 47.4 Å². The number of benzene rings is 4. The van der Waals surface area contributed by atoms with Crippen LogP contribution < -0.4 is 15.0 Å². The number of nitrogens with one attached hydrogen (secondary N) is 1. The van der Waals surface area contributed by atoms with Crippen LogP contribution in [0.25, 0.3) is 44.3 Å². The molecule has 0 aliphatic heterocycles. The molecule has 5 rings (SSSR count). The second-order valence-electron chi connectivity index (χ2n) is 7.84. The molecule has 0 amide bonds. The highest BCUT2D eigenvalue weighted by Gasteiger charge is 2.12. The number of pyridine rings is 1. The van der Waals surface area contributed by atoms with Gasteiger partial charge in [0.25, 0.3) is 5.56 Å². The van der Waals surface area contributed by atoms with Crippen molar-refractivity contribution in [3.05, 3.63) is 107 Å². The zero-order valence-electron chi connectivity index (χ0n) is 18.5. The Morgan fingerprint density at radius 3 is 1.64 bits per heavy atom. The predicted octanol–water partition coefficient (Wildman–Crippen LogP) is 6.55. The Kier molecular flexibility index (Phi) is 5.41. The summed E-state index contributed by atoms with van der Waals surface area (Å²) in [6.07, 6.45) is 0. The minimum atomic E-state index is -0.171. The molecular weight excluding hydrogens is 410 g/mol. The first kappa shape index (κ1) is 20.6. The number of fused-ring (bicyclic) bond motifs is 1. The van der Waals surface area contributed by atoms with Crippen LogP contribution in [-0.2, 0) is 0 Å². The average Bonchev–Trinajstić information content (AvgIpc) is 2.88. The molecule has 0 aliphatic carbocycles. The van der Waals surface area contributed by atoms with Gasteiger partial charge in [-0.1, -0.05) is 60.7 Å². The molecule has 0 spiro atoms. The molecule has 4 aromatic carbocycles. The van der Waals surface area contributed by atoms with E-state index in [0.717, 1.165) is 38.9 Å². The molecule has 0 saturated carbocycles. The highest BCUT2D eigenvalue weighted by Crippen LogP contribution is 2.35. The Balaban J connectivity index is 1.73. The van der Waals surface area contributed by atoms with Gasteiger partial charge in [-0.15, -0.1) is 0 Å². The summed E-state index contributed by atoms with van der Waals surface area (Å²) in [4.78, 5) is 16.1. The summed E-state index contributed by atoms with van der Waals surface area (Å²) in [5.41, 5.74) is 5.91. The topological polar surface area (TPSA) is 51.3 Å². The lowest BCUT2D eigenvalue weighted by molar-refractivity contribution is 0.356. The quantitative estimate of drug-likeness (QED) is 0.342. The Morgan fingerprint density at radius 1 is 0.576 bits per heavy atom. The minimum absolute atomic E-state index is 0.171. The Hall–Kier alpha value is -4.31. The Morgan fingerprint density at radius 2 is 1.09 bits per heavy atom. The molecule has 0 bridgehead atoms. The van der Waals surface area contributed by atoms with Crippen LogP contribution in [0.5, 0.6) is 11.5 Å². The molecule has 1 heterocycles. The maximum absolute atomic E-state index is 13.0. The van der Waals surface area contributed by atoms with Crippen LogP contribution in [0.3, 0.4) is 0 Å². The van der Waals surface area contributed by atoms with E-state index in [1.54, 1.807) is 20.3 Å². The van der Waals surface area contributed by atoms with Crippen molar-refractivity contribution in [3.63, 3.8) is 0 Å². The second kappa shape index (κ2) is 8.67. The van der Waals surface area contributed by atoms with Crippen LogP contribution >= 0.6 is 0 Å². The number of rotatable bonds is 5. The zero-order chi connectivity index (χ0) is 22.8. The fraction of sp³-hybridized carbons (Fsp3) is 0.0690. The summed E-state index contributed by atoms with van der Waals surface area (Å²) in [5, 5.41) is 1.34. The van der Waals surface area contributed by atoms with Crippen LogP contribution in [0.15, 0.2) is 102 Å². The van der Waals surface area contributed by atoms with Gasteiger partial charge in [0.2, 0.25) is 0 Å². The molecule has 0 atom stereocenters. The molecule has 5 aromatic rings. The third kappa shape index (κ3) is 3.99. The zero-order valence-corrected chi connectivity index (χ0v) is 18.5. The molecule has 162 valence electrons. The molecular formula is C29H23NO3. The van der Waals surface area contributed by atoms with E-state index in [9.17, 15) is 4.79 Å². The Bertz CT molecular complexity index is 1430. The summed E-state index contributed by atoms with van der Waals surface area (Å²) in [6.45, 7) is 0. The maximum Gasteiger partial charge on any atom is 0.256 e. The molecule has 0 aliphatic rings. The van der Waals surface area contributed by atoms with Crippen molar-refractivity contribution in [1.82, 2.24) is 4.98 Å². The standard InChI is InChI=1S/C29H23NO3/c1-32-27-17-23-16-26(30-29(31)25(23)18-28(27)33-2)24-14-21(19-9-5-3-6-10-19)13-22(15-24)20-11-7-4-8-12-20/h3-18H,1-2H3,(H,30,31). The van der Waals surface area contributed by atoms with Gasteiger partial charge in [-0.3, -0.25) is 4.79 Å². The van der Waals surface area contributed by atoms with E-state index in [4.69, 9.17) is 9.47 Å². The van der Waals surface area contributed by atoms with Crippen molar-refractivity contribution in [3.8, 4) is 45.0 Å². The lowest BCUT2D eigenvalue weighted by Gasteiger charge is -2.13. The molecule has 4 heteroatoms. The molecule has 0 radical (unpaired) electrons. The van der Waals surface area contributed by atoms with Crippen molar-refractivity contribution in [2.24, 2.45) is 0 Å². The van der Waals surface area contributed by atoms with Crippen molar-refractivity contribution in [1.29, 1.82) is 0 Å². The van der Waals surface area contributed by atoms with Crippen LogP contribution in [0, 0.1) is 0 Å². The number of ether oxygens (including phenoxy) is 2. The molecule has 1 aromatic heterocycles. The van der Waals surface area contributed by atoms with Gasteiger partial charge in [0.05, 0.1) is 19.6 Å². The number of hydrogen-bond donors (Lipinski definition) is 1. The van der Waals surface area contributed by atoms with Gasteiger partial charge >= 0.3 is 0 Å². The average molecular weight is 434 g/mol. The third-order valence-electron chi connectivity index (χ3n) is 5.81. The SMILES string of the molecule is COc1cc2cc(-c3cc(-c4ccccc4)cc(-c4ccccc4)c3)[nH]c(=O)c2cc1OC. The molecule has 1 N–H and O–H groups in total. The second-order valence-corrected chi connectivity index (χ2v) is 7.84. The first-order chi connectivity index (χ1) is 16.2. The van der Waals surface area contributed by atoms with Crippen molar-refractivity contribution >= 4 is 10.8 Å². The van der Waals surface area contributed by atoms with E-state index < -0.39 is 0 Å². The van der Waals surface area contributed by atoms with Gasteiger partial charge in [0.1, 0.15) is 0 Å². The molecule has 0 saturated heterocycles. The predicted molar refractivity (Wildman–Crippen MR) is 134 cm³/mol. The van der Waals surface area contributed by atoms with E-state index >= 15 is 0 Å². The number of aromatic nitrogens is 1. The lowest BCUT2D eigenvalue weighted by Crippen LogP contribution is -2.08. The molecule has 33 heavy (non-hydrogen) atoms. The number of hydrogen-bond acceptors (Lipinski definition) is 3. The summed E-state index contributed by atoms with van der Waals surface area (Å²) in [7, 11) is 3.15. The molecule has 0 unspecified atom stereocenters. The minimum Gasteiger partial charge on any atom is -0.493 e. The first-order valence-electron chi connectivity index (χ1n) is 10.7. The van der Waals surface area contributed by atoms with Gasteiger partial charge in [0, 0.05) is 5.69 Å². The van der Waals surface area contributed by atoms with Crippen LogP contribution in [0.2, 0.25) is 0 Å². The number of aromatic amines is 1. The lowest BCUT2D eigenvalue weighted by atomic mass is 9.94. The number of H-pyrrole nitrogens is 1. The monoisotopic (exact) mass is 433 g/mol.